The van der Waals surface area contributed by atoms with Gasteiger partial charge in [-0.1, -0.05) is 26.7 Å². The quantitative estimate of drug-likeness (QED) is 0.641. The van der Waals surface area contributed by atoms with Gasteiger partial charge in [-0.3, -0.25) is 4.79 Å². The molecule has 2 nitrogen and oxygen atoms in total. The van der Waals surface area contributed by atoms with Gasteiger partial charge in [-0.2, -0.15) is 0 Å². The third-order valence-electron chi connectivity index (χ3n) is 2.49. The maximum Gasteiger partial charge on any atom is 0.223 e. The second kappa shape index (κ2) is 9.02. The van der Waals surface area contributed by atoms with E-state index in [4.69, 9.17) is 11.6 Å². The summed E-state index contributed by atoms with van der Waals surface area (Å²) in [6, 6.07) is 0. The molecule has 0 saturated heterocycles. The van der Waals surface area contributed by atoms with Gasteiger partial charge in [0.05, 0.1) is 0 Å². The van der Waals surface area contributed by atoms with Crippen molar-refractivity contribution in [3.05, 3.63) is 0 Å². The van der Waals surface area contributed by atoms with Crippen LogP contribution in [0.4, 0.5) is 0 Å². The van der Waals surface area contributed by atoms with Crippen LogP contribution in [0.25, 0.3) is 0 Å². The average molecular weight is 234 g/mol. The fourth-order valence-corrected chi connectivity index (χ4v) is 1.75. The average Bonchev–Trinajstić information content (AvgIpc) is 2.16. The number of alkyl halides is 1. The number of rotatable bonds is 8. The Balaban J connectivity index is 3.80. The Morgan fingerprint density at radius 3 is 2.13 bits per heavy atom. The Bertz CT molecular complexity index is 165. The molecule has 1 atom stereocenters. The highest BCUT2D eigenvalue weighted by Gasteiger charge is 2.15. The maximum absolute atomic E-state index is 11.8. The van der Waals surface area contributed by atoms with Crippen LogP contribution >= 0.6 is 11.6 Å². The molecule has 1 unspecified atom stereocenters. The van der Waals surface area contributed by atoms with E-state index in [-0.39, 0.29) is 17.2 Å². The van der Waals surface area contributed by atoms with Crippen LogP contribution in [0.3, 0.4) is 0 Å². The number of hydrogen-bond donors (Lipinski definition) is 1. The number of carbonyl (C=O) groups excluding carboxylic acids is 1. The lowest BCUT2D eigenvalue weighted by Crippen LogP contribution is -2.32. The lowest BCUT2D eigenvalue weighted by Gasteiger charge is -2.15. The van der Waals surface area contributed by atoms with Crippen molar-refractivity contribution in [2.45, 2.75) is 58.3 Å². The van der Waals surface area contributed by atoms with E-state index in [1.165, 1.54) is 0 Å². The Labute approximate surface area is 98.8 Å². The SMILES string of the molecule is CCCC(CCC)C(=O)NCCC(C)Cl. The zero-order valence-corrected chi connectivity index (χ0v) is 10.9. The van der Waals surface area contributed by atoms with Gasteiger partial charge < -0.3 is 5.32 Å². The summed E-state index contributed by atoms with van der Waals surface area (Å²) in [5.41, 5.74) is 0. The molecular formula is C12H24ClNO. The minimum absolute atomic E-state index is 0.140. The molecule has 0 radical (unpaired) electrons. The molecule has 1 amide bonds. The van der Waals surface area contributed by atoms with Crippen molar-refractivity contribution >= 4 is 17.5 Å². The van der Waals surface area contributed by atoms with Gasteiger partial charge in [0, 0.05) is 17.8 Å². The number of amides is 1. The monoisotopic (exact) mass is 233 g/mol. The minimum atomic E-state index is 0.140. The highest BCUT2D eigenvalue weighted by atomic mass is 35.5. The third kappa shape index (κ3) is 7.66. The van der Waals surface area contributed by atoms with E-state index in [1.54, 1.807) is 0 Å². The van der Waals surface area contributed by atoms with Crippen molar-refractivity contribution in [3.8, 4) is 0 Å². The maximum atomic E-state index is 11.8. The molecule has 15 heavy (non-hydrogen) atoms. The molecule has 3 heteroatoms. The van der Waals surface area contributed by atoms with Gasteiger partial charge in [-0.15, -0.1) is 11.6 Å². The van der Waals surface area contributed by atoms with Crippen LogP contribution in [0, 0.1) is 5.92 Å². The van der Waals surface area contributed by atoms with Crippen LogP contribution in [0.15, 0.2) is 0 Å². The van der Waals surface area contributed by atoms with Gasteiger partial charge in [0.25, 0.3) is 0 Å². The largest absolute Gasteiger partial charge is 0.356 e. The van der Waals surface area contributed by atoms with E-state index >= 15 is 0 Å². The zero-order valence-electron chi connectivity index (χ0n) is 10.2. The molecule has 0 saturated carbocycles. The molecule has 1 N–H and O–H groups in total. The van der Waals surface area contributed by atoms with Gasteiger partial charge in [0.1, 0.15) is 0 Å². The Kier molecular flexibility index (Phi) is 8.88. The normalized spacial score (nSPS) is 12.9. The summed E-state index contributed by atoms with van der Waals surface area (Å²) in [4.78, 5) is 11.8. The van der Waals surface area contributed by atoms with Crippen molar-refractivity contribution in [1.29, 1.82) is 0 Å². The van der Waals surface area contributed by atoms with E-state index in [1.807, 2.05) is 6.92 Å². The van der Waals surface area contributed by atoms with Crippen molar-refractivity contribution in [1.82, 2.24) is 5.32 Å². The smallest absolute Gasteiger partial charge is 0.223 e. The van der Waals surface area contributed by atoms with Crippen LogP contribution in [0.2, 0.25) is 0 Å². The molecule has 0 aromatic carbocycles. The lowest BCUT2D eigenvalue weighted by molar-refractivity contribution is -0.125. The first-order valence-electron chi connectivity index (χ1n) is 6.03. The first-order chi connectivity index (χ1) is 7.11. The van der Waals surface area contributed by atoms with Crippen molar-refractivity contribution in [3.63, 3.8) is 0 Å². The second-order valence-corrected chi connectivity index (χ2v) is 4.88. The van der Waals surface area contributed by atoms with E-state index in [2.05, 4.69) is 19.2 Å². The predicted octanol–water partition coefficient (Wildman–Crippen LogP) is 3.34. The number of nitrogens with one attached hydrogen (secondary N) is 1. The highest BCUT2D eigenvalue weighted by Crippen LogP contribution is 2.13. The Hall–Kier alpha value is -0.240. The van der Waals surface area contributed by atoms with Gasteiger partial charge >= 0.3 is 0 Å². The summed E-state index contributed by atoms with van der Waals surface area (Å²) in [6.07, 6.45) is 4.98. The topological polar surface area (TPSA) is 29.1 Å². The van der Waals surface area contributed by atoms with Gasteiger partial charge in [0.2, 0.25) is 5.91 Å². The van der Waals surface area contributed by atoms with E-state index < -0.39 is 0 Å². The third-order valence-corrected chi connectivity index (χ3v) is 2.70. The Morgan fingerprint density at radius 2 is 1.73 bits per heavy atom. The summed E-state index contributed by atoms with van der Waals surface area (Å²) >= 11 is 5.81. The van der Waals surface area contributed by atoms with Crippen LogP contribution in [0.1, 0.15) is 52.9 Å². The van der Waals surface area contributed by atoms with Gasteiger partial charge in [-0.05, 0) is 26.2 Å². The highest BCUT2D eigenvalue weighted by molar-refractivity contribution is 6.20. The molecule has 0 fully saturated rings. The summed E-state index contributed by atoms with van der Waals surface area (Å²) in [5, 5.41) is 3.10. The van der Waals surface area contributed by atoms with Crippen LogP contribution in [-0.2, 0) is 4.79 Å². The Morgan fingerprint density at radius 1 is 1.20 bits per heavy atom. The number of halogens is 1. The molecular weight excluding hydrogens is 210 g/mol. The summed E-state index contributed by atoms with van der Waals surface area (Å²) < 4.78 is 0. The van der Waals surface area contributed by atoms with Crippen LogP contribution < -0.4 is 5.32 Å². The minimum Gasteiger partial charge on any atom is -0.356 e. The first kappa shape index (κ1) is 14.8. The van der Waals surface area contributed by atoms with E-state index in [9.17, 15) is 4.79 Å². The molecule has 0 heterocycles. The lowest BCUT2D eigenvalue weighted by atomic mass is 9.97. The zero-order chi connectivity index (χ0) is 11.7. The van der Waals surface area contributed by atoms with E-state index in [0.29, 0.717) is 6.54 Å². The van der Waals surface area contributed by atoms with Crippen LogP contribution in [0.5, 0.6) is 0 Å². The van der Waals surface area contributed by atoms with Crippen molar-refractivity contribution < 1.29 is 4.79 Å². The fourth-order valence-electron chi connectivity index (χ4n) is 1.64. The molecule has 90 valence electrons. The predicted molar refractivity (Wildman–Crippen MR) is 66.2 cm³/mol. The molecule has 0 aliphatic heterocycles. The van der Waals surface area contributed by atoms with Gasteiger partial charge in [0.15, 0.2) is 0 Å². The molecule has 0 aromatic heterocycles. The van der Waals surface area contributed by atoms with Crippen molar-refractivity contribution in [2.24, 2.45) is 5.92 Å². The molecule has 0 aromatic rings. The molecule has 0 rings (SSSR count). The number of hydrogen-bond acceptors (Lipinski definition) is 1. The fraction of sp³-hybridized carbons (Fsp3) is 0.917. The second-order valence-electron chi connectivity index (χ2n) is 4.13. The molecule has 0 spiro atoms. The summed E-state index contributed by atoms with van der Waals surface area (Å²) in [5.74, 6) is 0.404. The standard InChI is InChI=1S/C12H24ClNO/c1-4-6-11(7-5-2)12(15)14-9-8-10(3)13/h10-11H,4-9H2,1-3H3,(H,14,15). The van der Waals surface area contributed by atoms with Crippen molar-refractivity contribution in [2.75, 3.05) is 6.54 Å². The number of carbonyl (C=O) groups is 1. The van der Waals surface area contributed by atoms with E-state index in [0.717, 1.165) is 32.1 Å². The molecule has 0 aliphatic rings. The van der Waals surface area contributed by atoms with Crippen LogP contribution in [-0.4, -0.2) is 17.8 Å². The molecule has 0 aliphatic carbocycles. The first-order valence-corrected chi connectivity index (χ1v) is 6.47. The van der Waals surface area contributed by atoms with Gasteiger partial charge in [-0.25, -0.2) is 0 Å². The summed E-state index contributed by atoms with van der Waals surface area (Å²) in [7, 11) is 0. The summed E-state index contributed by atoms with van der Waals surface area (Å²) in [6.45, 7) is 6.89. The molecule has 0 bridgehead atoms.